The molecule has 3 aliphatic heterocycles. The molecule has 4 amide bonds. The lowest BCUT2D eigenvalue weighted by Gasteiger charge is -2.33. The van der Waals surface area contributed by atoms with E-state index in [0.29, 0.717) is 30.2 Å². The lowest BCUT2D eigenvalue weighted by molar-refractivity contribution is -0.135. The Bertz CT molecular complexity index is 1280. The van der Waals surface area contributed by atoms with Crippen LogP contribution in [0.5, 0.6) is 5.75 Å². The van der Waals surface area contributed by atoms with Crippen molar-refractivity contribution < 1.29 is 32.3 Å². The molecule has 12 heteroatoms. The fraction of sp³-hybridized carbons (Fsp3) is 0.348. The summed E-state index contributed by atoms with van der Waals surface area (Å²) < 4.78 is 37.6. The minimum Gasteiger partial charge on any atom is -0.493 e. The summed E-state index contributed by atoms with van der Waals surface area (Å²) in [6.45, 7) is 1.02. The molecular weight excluding hydrogens is 476 g/mol. The maximum Gasteiger partial charge on any atom is 0.325 e. The third-order valence-corrected chi connectivity index (χ3v) is 8.22. The summed E-state index contributed by atoms with van der Waals surface area (Å²) in [4.78, 5) is 39.6. The number of hydrogen-bond donors (Lipinski definition) is 2. The SMILES string of the molecule is O=C(CN1C(=O)N[C@]2(CCOc3ccccc32)C1=O)Nc1ccc(S(=O)(=O)N2CCOCC2)cc1. The van der Waals surface area contributed by atoms with Crippen molar-refractivity contribution in [1.82, 2.24) is 14.5 Å². The summed E-state index contributed by atoms with van der Waals surface area (Å²) in [6, 6.07) is 12.1. The molecule has 35 heavy (non-hydrogen) atoms. The highest BCUT2D eigenvalue weighted by Gasteiger charge is 2.55. The quantitative estimate of drug-likeness (QED) is 0.582. The highest BCUT2D eigenvalue weighted by Crippen LogP contribution is 2.40. The summed E-state index contributed by atoms with van der Waals surface area (Å²) in [5, 5.41) is 5.36. The number of urea groups is 1. The van der Waals surface area contributed by atoms with E-state index in [0.717, 1.165) is 4.90 Å². The molecule has 2 N–H and O–H groups in total. The number of imide groups is 1. The molecule has 5 rings (SSSR count). The lowest BCUT2D eigenvalue weighted by Crippen LogP contribution is -2.48. The maximum absolute atomic E-state index is 13.3. The topological polar surface area (TPSA) is 134 Å². The third-order valence-electron chi connectivity index (χ3n) is 6.30. The monoisotopic (exact) mass is 500 g/mol. The first-order valence-corrected chi connectivity index (χ1v) is 12.6. The van der Waals surface area contributed by atoms with Gasteiger partial charge in [0.15, 0.2) is 5.54 Å². The number of anilines is 1. The van der Waals surface area contributed by atoms with E-state index in [2.05, 4.69) is 10.6 Å². The summed E-state index contributed by atoms with van der Waals surface area (Å²) >= 11 is 0. The normalized spacial score (nSPS) is 22.5. The second kappa shape index (κ2) is 8.95. The van der Waals surface area contributed by atoms with Gasteiger partial charge in [0.05, 0.1) is 24.7 Å². The molecule has 184 valence electrons. The third kappa shape index (κ3) is 4.13. The van der Waals surface area contributed by atoms with Crippen LogP contribution in [0, 0.1) is 0 Å². The van der Waals surface area contributed by atoms with E-state index in [-0.39, 0.29) is 31.0 Å². The molecule has 2 fully saturated rings. The number of ether oxygens (including phenoxy) is 2. The largest absolute Gasteiger partial charge is 0.493 e. The van der Waals surface area contributed by atoms with Crippen LogP contribution >= 0.6 is 0 Å². The Hall–Kier alpha value is -3.48. The van der Waals surface area contributed by atoms with Crippen molar-refractivity contribution in [2.45, 2.75) is 16.9 Å². The van der Waals surface area contributed by atoms with Crippen molar-refractivity contribution in [3.63, 3.8) is 0 Å². The van der Waals surface area contributed by atoms with Gasteiger partial charge in [-0.2, -0.15) is 4.31 Å². The van der Waals surface area contributed by atoms with Gasteiger partial charge in [-0.1, -0.05) is 18.2 Å². The number of nitrogens with one attached hydrogen (secondary N) is 2. The molecule has 0 unspecified atom stereocenters. The number of carbonyl (C=O) groups is 3. The van der Waals surface area contributed by atoms with Gasteiger partial charge in [0.2, 0.25) is 15.9 Å². The Morgan fingerprint density at radius 2 is 1.74 bits per heavy atom. The number of morpholine rings is 1. The smallest absolute Gasteiger partial charge is 0.325 e. The Balaban J connectivity index is 1.26. The van der Waals surface area contributed by atoms with Crippen molar-refractivity contribution in [3.05, 3.63) is 54.1 Å². The number of benzene rings is 2. The van der Waals surface area contributed by atoms with Crippen LogP contribution in [0.25, 0.3) is 0 Å². The van der Waals surface area contributed by atoms with Gasteiger partial charge >= 0.3 is 6.03 Å². The van der Waals surface area contributed by atoms with E-state index in [1.54, 1.807) is 24.3 Å². The number of sulfonamides is 1. The molecule has 0 saturated carbocycles. The van der Waals surface area contributed by atoms with Crippen LogP contribution in [0.15, 0.2) is 53.4 Å². The Morgan fingerprint density at radius 1 is 1.03 bits per heavy atom. The fourth-order valence-electron chi connectivity index (χ4n) is 4.51. The van der Waals surface area contributed by atoms with Gasteiger partial charge in [-0.25, -0.2) is 13.2 Å². The zero-order valence-electron chi connectivity index (χ0n) is 18.7. The van der Waals surface area contributed by atoms with Gasteiger partial charge in [0.25, 0.3) is 5.91 Å². The molecule has 0 radical (unpaired) electrons. The molecule has 3 aliphatic rings. The minimum absolute atomic E-state index is 0.103. The lowest BCUT2D eigenvalue weighted by atomic mass is 9.84. The predicted molar refractivity (Wildman–Crippen MR) is 123 cm³/mol. The van der Waals surface area contributed by atoms with Gasteiger partial charge < -0.3 is 20.1 Å². The van der Waals surface area contributed by atoms with Gasteiger partial charge in [-0.3, -0.25) is 14.5 Å². The fourth-order valence-corrected chi connectivity index (χ4v) is 5.91. The highest BCUT2D eigenvalue weighted by atomic mass is 32.2. The number of amides is 4. The standard InChI is InChI=1S/C23H24N4O7S/c28-20(24-16-5-7-17(8-6-16)35(31,32)26-10-13-33-14-11-26)15-27-21(29)23(25-22(27)30)9-12-34-19-4-2-1-3-18(19)23/h1-8H,9-15H2,(H,24,28)(H,25,30)/t23-/m0/s1. The Labute approximate surface area is 202 Å². The summed E-state index contributed by atoms with van der Waals surface area (Å²) in [6.07, 6.45) is 0.256. The average Bonchev–Trinajstić information content (AvgIpc) is 3.09. The van der Waals surface area contributed by atoms with Crippen LogP contribution in [0.3, 0.4) is 0 Å². The van der Waals surface area contributed by atoms with Crippen LogP contribution in [0.2, 0.25) is 0 Å². The zero-order valence-corrected chi connectivity index (χ0v) is 19.5. The first-order chi connectivity index (χ1) is 16.8. The van der Waals surface area contributed by atoms with Gasteiger partial charge in [0.1, 0.15) is 12.3 Å². The van der Waals surface area contributed by atoms with E-state index < -0.39 is 40.0 Å². The van der Waals surface area contributed by atoms with Gasteiger partial charge in [-0.15, -0.1) is 0 Å². The molecule has 0 bridgehead atoms. The van der Waals surface area contributed by atoms with Crippen LogP contribution in [-0.4, -0.2) is 74.9 Å². The van der Waals surface area contributed by atoms with Gasteiger partial charge in [0, 0.05) is 30.8 Å². The number of carbonyl (C=O) groups excluding carboxylic acids is 3. The molecule has 1 spiro atoms. The van der Waals surface area contributed by atoms with E-state index in [4.69, 9.17) is 9.47 Å². The van der Waals surface area contributed by atoms with Crippen molar-refractivity contribution >= 4 is 33.6 Å². The molecule has 0 aliphatic carbocycles. The van der Waals surface area contributed by atoms with E-state index in [1.807, 2.05) is 0 Å². The van der Waals surface area contributed by atoms with Crippen LogP contribution in [-0.2, 0) is 29.9 Å². The number of hydrogen-bond acceptors (Lipinski definition) is 7. The van der Waals surface area contributed by atoms with Crippen LogP contribution in [0.4, 0.5) is 10.5 Å². The molecule has 3 heterocycles. The van der Waals surface area contributed by atoms with Crippen LogP contribution in [0.1, 0.15) is 12.0 Å². The molecule has 0 aromatic heterocycles. The predicted octanol–water partition coefficient (Wildman–Crippen LogP) is 0.876. The Morgan fingerprint density at radius 3 is 2.49 bits per heavy atom. The molecule has 2 saturated heterocycles. The highest BCUT2D eigenvalue weighted by molar-refractivity contribution is 7.89. The van der Waals surface area contributed by atoms with Crippen LogP contribution < -0.4 is 15.4 Å². The van der Waals surface area contributed by atoms with Crippen molar-refractivity contribution in [1.29, 1.82) is 0 Å². The summed E-state index contributed by atoms with van der Waals surface area (Å²) in [5.41, 5.74) is -0.361. The Kier molecular flexibility index (Phi) is 5.95. The average molecular weight is 501 g/mol. The van der Waals surface area contributed by atoms with E-state index in [9.17, 15) is 22.8 Å². The molecule has 2 aromatic carbocycles. The molecule has 2 aromatic rings. The second-order valence-corrected chi connectivity index (χ2v) is 10.3. The minimum atomic E-state index is -3.66. The van der Waals surface area contributed by atoms with Crippen molar-refractivity contribution in [2.75, 3.05) is 44.8 Å². The van der Waals surface area contributed by atoms with Crippen molar-refractivity contribution in [3.8, 4) is 5.75 Å². The van der Waals surface area contributed by atoms with Gasteiger partial charge in [-0.05, 0) is 30.3 Å². The number of nitrogens with zero attached hydrogens (tertiary/aromatic N) is 2. The number of fused-ring (bicyclic) bond motifs is 2. The molecular formula is C23H24N4O7S. The molecule has 1 atom stereocenters. The second-order valence-electron chi connectivity index (χ2n) is 8.41. The zero-order chi connectivity index (χ0) is 24.6. The first-order valence-electron chi connectivity index (χ1n) is 11.2. The summed E-state index contributed by atoms with van der Waals surface area (Å²) in [5.74, 6) is -0.583. The molecule has 11 nitrogen and oxygen atoms in total. The first kappa shape index (κ1) is 23.3. The summed E-state index contributed by atoms with van der Waals surface area (Å²) in [7, 11) is -3.66. The number of rotatable bonds is 5. The van der Waals surface area contributed by atoms with E-state index in [1.165, 1.54) is 28.6 Å². The number of para-hydroxylation sites is 1. The van der Waals surface area contributed by atoms with E-state index >= 15 is 0 Å². The van der Waals surface area contributed by atoms with Crippen molar-refractivity contribution in [2.24, 2.45) is 0 Å². The maximum atomic E-state index is 13.3.